The maximum Gasteiger partial charge on any atom is 0.286 e. The quantitative estimate of drug-likeness (QED) is 0.331. The maximum atomic E-state index is 12.2. The molecule has 0 aliphatic rings. The van der Waals surface area contributed by atoms with Crippen molar-refractivity contribution >= 4 is 34.2 Å². The highest BCUT2D eigenvalue weighted by Crippen LogP contribution is 2.19. The van der Waals surface area contributed by atoms with Crippen LogP contribution in [0.25, 0.3) is 10.9 Å². The van der Waals surface area contributed by atoms with Crippen molar-refractivity contribution in [2.24, 2.45) is 0 Å². The predicted octanol–water partition coefficient (Wildman–Crippen LogP) is 3.39. The van der Waals surface area contributed by atoms with Gasteiger partial charge in [0.15, 0.2) is 0 Å². The Hall–Kier alpha value is -2.79. The van der Waals surface area contributed by atoms with E-state index in [1.807, 2.05) is 37.3 Å². The average Bonchev–Trinajstić information content (AvgIpc) is 2.95. The van der Waals surface area contributed by atoms with Crippen LogP contribution >= 0.6 is 11.6 Å². The molecule has 0 spiro atoms. The molecule has 0 unspecified atom stereocenters. The summed E-state index contributed by atoms with van der Waals surface area (Å²) < 4.78 is 0. The Morgan fingerprint density at radius 3 is 2.70 bits per heavy atom. The molecule has 0 fully saturated rings. The van der Waals surface area contributed by atoms with Crippen LogP contribution in [0.5, 0.6) is 0 Å². The van der Waals surface area contributed by atoms with E-state index in [1.165, 1.54) is 0 Å². The van der Waals surface area contributed by atoms with Crippen molar-refractivity contribution in [3.8, 4) is 0 Å². The number of amides is 1. The number of rotatable bonds is 2. The number of aromatic nitrogens is 1. The van der Waals surface area contributed by atoms with Crippen molar-refractivity contribution in [3.63, 3.8) is 0 Å². The number of hydrogen-bond acceptors (Lipinski definition) is 2. The lowest BCUT2D eigenvalue weighted by Gasteiger charge is -2.10. The molecule has 0 atom stereocenters. The fourth-order valence-corrected chi connectivity index (χ4v) is 2.51. The first-order valence-electron chi connectivity index (χ1n) is 7.04. The normalized spacial score (nSPS) is 10.5. The van der Waals surface area contributed by atoms with Gasteiger partial charge in [-0.15, -0.1) is 0 Å². The summed E-state index contributed by atoms with van der Waals surface area (Å²) in [6.07, 6.45) is 0. The fraction of sp³-hybridized carbons (Fsp3) is 0.0588. The number of hydrogen-bond donors (Lipinski definition) is 4. The molecule has 6 heteroatoms. The van der Waals surface area contributed by atoms with E-state index in [1.54, 1.807) is 18.2 Å². The molecule has 2 aromatic carbocycles. The zero-order valence-electron chi connectivity index (χ0n) is 12.4. The molecule has 0 radical (unpaired) electrons. The molecule has 0 bridgehead atoms. The van der Waals surface area contributed by atoms with Gasteiger partial charge in [-0.1, -0.05) is 35.9 Å². The molecule has 1 aromatic heterocycles. The number of benzene rings is 2. The predicted molar refractivity (Wildman–Crippen MR) is 91.9 cm³/mol. The summed E-state index contributed by atoms with van der Waals surface area (Å²) in [5, 5.41) is 9.48. The molecule has 0 aliphatic carbocycles. The van der Waals surface area contributed by atoms with Crippen LogP contribution in [0.1, 0.15) is 21.6 Å². The van der Waals surface area contributed by atoms with Gasteiger partial charge in [0.1, 0.15) is 11.5 Å². The number of nitrogens with one attached hydrogen (secondary N) is 4. The van der Waals surface area contributed by atoms with Crippen LogP contribution in [-0.2, 0) is 0 Å². The lowest BCUT2D eigenvalue weighted by atomic mass is 10.1. The van der Waals surface area contributed by atoms with Crippen LogP contribution < -0.4 is 10.9 Å². The highest BCUT2D eigenvalue weighted by atomic mass is 35.5. The summed E-state index contributed by atoms with van der Waals surface area (Å²) in [4.78, 5) is 15.2. The number of hydrazine groups is 1. The lowest BCUT2D eigenvalue weighted by Crippen LogP contribution is -2.42. The minimum Gasteiger partial charge on any atom is -0.350 e. The second-order valence-corrected chi connectivity index (χ2v) is 5.62. The Labute approximate surface area is 138 Å². The van der Waals surface area contributed by atoms with E-state index < -0.39 is 0 Å². The molecule has 116 valence electrons. The smallest absolute Gasteiger partial charge is 0.286 e. The number of aryl methyl sites for hydroxylation is 1. The Kier molecular flexibility index (Phi) is 4.04. The summed E-state index contributed by atoms with van der Waals surface area (Å²) in [6, 6.07) is 14.6. The standard InChI is InChI=1S/C17H15ClN4O/c1-10-4-2-3-5-13(10)16(19)21-22-17(23)15-9-11-8-12(18)6-7-14(11)20-15/h2-9,20H,1H3,(H2,19,21)(H,22,23). The minimum atomic E-state index is -0.351. The summed E-state index contributed by atoms with van der Waals surface area (Å²) in [5.74, 6) is -0.216. The van der Waals surface area contributed by atoms with Gasteiger partial charge < -0.3 is 4.98 Å². The molecule has 0 saturated carbocycles. The minimum absolute atomic E-state index is 0.135. The highest BCUT2D eigenvalue weighted by Gasteiger charge is 2.11. The molecule has 0 saturated heterocycles. The Balaban J connectivity index is 1.71. The third kappa shape index (κ3) is 3.19. The van der Waals surface area contributed by atoms with Gasteiger partial charge in [-0.05, 0) is 36.8 Å². The number of halogens is 1. The molecule has 3 rings (SSSR count). The van der Waals surface area contributed by atoms with E-state index >= 15 is 0 Å². The number of aromatic amines is 1. The molecule has 4 N–H and O–H groups in total. The van der Waals surface area contributed by atoms with Gasteiger partial charge in [0.05, 0.1) is 0 Å². The van der Waals surface area contributed by atoms with Crippen LogP contribution in [0.4, 0.5) is 0 Å². The zero-order chi connectivity index (χ0) is 16.4. The highest BCUT2D eigenvalue weighted by molar-refractivity contribution is 6.31. The molecule has 23 heavy (non-hydrogen) atoms. The van der Waals surface area contributed by atoms with Gasteiger partial charge in [-0.2, -0.15) is 0 Å². The Morgan fingerprint density at radius 1 is 1.13 bits per heavy atom. The van der Waals surface area contributed by atoms with E-state index in [-0.39, 0.29) is 11.7 Å². The van der Waals surface area contributed by atoms with E-state index in [0.717, 1.165) is 22.0 Å². The van der Waals surface area contributed by atoms with Gasteiger partial charge in [-0.25, -0.2) is 0 Å². The second-order valence-electron chi connectivity index (χ2n) is 5.18. The second kappa shape index (κ2) is 6.14. The Bertz CT molecular complexity index is 900. The monoisotopic (exact) mass is 326 g/mol. The maximum absolute atomic E-state index is 12.2. The number of carbonyl (C=O) groups is 1. The molecule has 0 aliphatic heterocycles. The first-order chi connectivity index (χ1) is 11.0. The number of amidine groups is 1. The van der Waals surface area contributed by atoms with Crippen LogP contribution in [0.3, 0.4) is 0 Å². The van der Waals surface area contributed by atoms with Crippen molar-refractivity contribution in [2.45, 2.75) is 6.92 Å². The fourth-order valence-electron chi connectivity index (χ4n) is 2.33. The van der Waals surface area contributed by atoms with Crippen LogP contribution in [0, 0.1) is 12.3 Å². The van der Waals surface area contributed by atoms with Gasteiger partial charge in [0, 0.05) is 21.5 Å². The van der Waals surface area contributed by atoms with Gasteiger partial charge in [-0.3, -0.25) is 21.1 Å². The molecular weight excluding hydrogens is 312 g/mol. The van der Waals surface area contributed by atoms with Crippen LogP contribution in [0.15, 0.2) is 48.5 Å². The van der Waals surface area contributed by atoms with Gasteiger partial charge in [0.25, 0.3) is 5.91 Å². The number of H-pyrrole nitrogens is 1. The van der Waals surface area contributed by atoms with E-state index in [0.29, 0.717) is 10.7 Å². The van der Waals surface area contributed by atoms with E-state index in [2.05, 4.69) is 15.8 Å². The van der Waals surface area contributed by atoms with Crippen LogP contribution in [0.2, 0.25) is 5.02 Å². The van der Waals surface area contributed by atoms with Crippen molar-refractivity contribution < 1.29 is 4.79 Å². The number of fused-ring (bicyclic) bond motifs is 1. The first kappa shape index (κ1) is 15.1. The van der Waals surface area contributed by atoms with Crippen molar-refractivity contribution in [1.82, 2.24) is 15.8 Å². The van der Waals surface area contributed by atoms with Gasteiger partial charge >= 0.3 is 0 Å². The molecule has 1 heterocycles. The van der Waals surface area contributed by atoms with Crippen molar-refractivity contribution in [3.05, 3.63) is 70.4 Å². The summed E-state index contributed by atoms with van der Waals surface area (Å²) in [5.41, 5.74) is 8.07. The molecular formula is C17H15ClN4O. The SMILES string of the molecule is Cc1ccccc1C(=N)NNC(=O)c1cc2cc(Cl)ccc2[nH]1. The van der Waals surface area contributed by atoms with Gasteiger partial charge in [0.2, 0.25) is 0 Å². The summed E-state index contributed by atoms with van der Waals surface area (Å²) in [6.45, 7) is 1.91. The van der Waals surface area contributed by atoms with Crippen molar-refractivity contribution in [2.75, 3.05) is 0 Å². The molecule has 3 aromatic rings. The van der Waals surface area contributed by atoms with E-state index in [9.17, 15) is 4.79 Å². The largest absolute Gasteiger partial charge is 0.350 e. The lowest BCUT2D eigenvalue weighted by molar-refractivity contribution is 0.0939. The van der Waals surface area contributed by atoms with Crippen molar-refractivity contribution in [1.29, 1.82) is 5.41 Å². The van der Waals surface area contributed by atoms with E-state index in [4.69, 9.17) is 17.0 Å². The summed E-state index contributed by atoms with van der Waals surface area (Å²) in [7, 11) is 0. The topological polar surface area (TPSA) is 80.8 Å². The first-order valence-corrected chi connectivity index (χ1v) is 7.41. The average molecular weight is 327 g/mol. The Morgan fingerprint density at radius 2 is 1.91 bits per heavy atom. The van der Waals surface area contributed by atoms with Crippen LogP contribution in [-0.4, -0.2) is 16.7 Å². The molecule has 1 amide bonds. The zero-order valence-corrected chi connectivity index (χ0v) is 13.2. The third-order valence-corrected chi connectivity index (χ3v) is 3.78. The number of carbonyl (C=O) groups excluding carboxylic acids is 1. The molecule has 5 nitrogen and oxygen atoms in total. The third-order valence-electron chi connectivity index (χ3n) is 3.54. The summed E-state index contributed by atoms with van der Waals surface area (Å²) >= 11 is 5.94.